The average Bonchev–Trinajstić information content (AvgIpc) is 3.21. The zero-order chi connectivity index (χ0) is 16.1. The van der Waals surface area contributed by atoms with Gasteiger partial charge >= 0.3 is 0 Å². The van der Waals surface area contributed by atoms with Crippen molar-refractivity contribution < 1.29 is 4.79 Å². The molecule has 1 atom stereocenters. The monoisotopic (exact) mass is 347 g/mol. The van der Waals surface area contributed by atoms with Crippen molar-refractivity contribution in [1.29, 1.82) is 0 Å². The Labute approximate surface area is 145 Å². The number of para-hydroxylation sites is 1. The summed E-state index contributed by atoms with van der Waals surface area (Å²) in [5.74, 6) is 1.08. The van der Waals surface area contributed by atoms with E-state index in [2.05, 4.69) is 39.5 Å². The van der Waals surface area contributed by atoms with Gasteiger partial charge in [0.1, 0.15) is 0 Å². The largest absolute Gasteiger partial charge is 0.371 e. The first-order valence-electron chi connectivity index (χ1n) is 7.82. The number of aromatic nitrogens is 1. The number of benzene rings is 1. The van der Waals surface area contributed by atoms with Crippen molar-refractivity contribution in [2.75, 3.05) is 30.3 Å². The number of anilines is 1. The van der Waals surface area contributed by atoms with Crippen LogP contribution in [0.4, 0.5) is 5.69 Å². The van der Waals surface area contributed by atoms with Gasteiger partial charge in [0.05, 0.1) is 5.75 Å². The highest BCUT2D eigenvalue weighted by molar-refractivity contribution is 8.01. The summed E-state index contributed by atoms with van der Waals surface area (Å²) in [5, 5.41) is 5.07. The number of amides is 1. The normalized spacial score (nSPS) is 17.4. The minimum absolute atomic E-state index is 0.0982. The first-order valence-corrected chi connectivity index (χ1v) is 9.69. The molecule has 0 unspecified atom stereocenters. The number of nitrogens with one attached hydrogen (secondary N) is 1. The molecule has 23 heavy (non-hydrogen) atoms. The number of nitrogens with zero attached hydrogens (tertiary/aromatic N) is 2. The average molecular weight is 348 g/mol. The molecular weight excluding hydrogens is 326 g/mol. The molecule has 2 heterocycles. The molecule has 0 bridgehead atoms. The Morgan fingerprint density at radius 3 is 3.00 bits per heavy atom. The summed E-state index contributed by atoms with van der Waals surface area (Å²) < 4.78 is 0.966. The van der Waals surface area contributed by atoms with Crippen LogP contribution in [0.1, 0.15) is 12.1 Å². The molecule has 122 valence electrons. The van der Waals surface area contributed by atoms with Crippen molar-refractivity contribution >= 4 is 34.7 Å². The standard InChI is InChI=1S/C17H21N3OS2/c1-13-11-22-17(19-13)23-12-16(21)18-9-14-7-8-20(10-14)15-5-3-2-4-6-15/h2-6,11,14H,7-10,12H2,1H3,(H,18,21)/t14-/m1/s1. The lowest BCUT2D eigenvalue weighted by Gasteiger charge is -2.18. The molecule has 1 aromatic heterocycles. The number of thioether (sulfide) groups is 1. The van der Waals surface area contributed by atoms with Crippen LogP contribution in [0.15, 0.2) is 40.1 Å². The van der Waals surface area contributed by atoms with E-state index in [0.29, 0.717) is 11.7 Å². The van der Waals surface area contributed by atoms with E-state index < -0.39 is 0 Å². The second-order valence-corrected chi connectivity index (χ2v) is 7.86. The number of thiazole rings is 1. The topological polar surface area (TPSA) is 45.2 Å². The minimum Gasteiger partial charge on any atom is -0.371 e. The van der Waals surface area contributed by atoms with Gasteiger partial charge in [-0.05, 0) is 31.4 Å². The second-order valence-electron chi connectivity index (χ2n) is 5.78. The maximum Gasteiger partial charge on any atom is 0.230 e. The van der Waals surface area contributed by atoms with Crippen LogP contribution in [0, 0.1) is 12.8 Å². The molecule has 0 spiro atoms. The molecule has 4 nitrogen and oxygen atoms in total. The predicted molar refractivity (Wildman–Crippen MR) is 97.3 cm³/mol. The van der Waals surface area contributed by atoms with Crippen LogP contribution in [0.3, 0.4) is 0 Å². The van der Waals surface area contributed by atoms with Crippen molar-refractivity contribution in [1.82, 2.24) is 10.3 Å². The van der Waals surface area contributed by atoms with Gasteiger partial charge in [0.15, 0.2) is 4.34 Å². The first kappa shape index (κ1) is 16.3. The fraction of sp³-hybridized carbons (Fsp3) is 0.412. The predicted octanol–water partition coefficient (Wildman–Crippen LogP) is 3.19. The van der Waals surface area contributed by atoms with Gasteiger partial charge in [-0.3, -0.25) is 4.79 Å². The van der Waals surface area contributed by atoms with Crippen LogP contribution in [0.5, 0.6) is 0 Å². The fourth-order valence-electron chi connectivity index (χ4n) is 2.71. The van der Waals surface area contributed by atoms with E-state index in [1.807, 2.05) is 18.4 Å². The van der Waals surface area contributed by atoms with E-state index >= 15 is 0 Å². The molecule has 6 heteroatoms. The zero-order valence-corrected chi connectivity index (χ0v) is 14.8. The molecule has 1 fully saturated rings. The van der Waals surface area contributed by atoms with E-state index in [9.17, 15) is 4.79 Å². The van der Waals surface area contributed by atoms with Crippen molar-refractivity contribution in [3.05, 3.63) is 41.4 Å². The molecule has 0 aliphatic carbocycles. The number of rotatable bonds is 6. The lowest BCUT2D eigenvalue weighted by molar-refractivity contribution is -0.118. The third kappa shape index (κ3) is 4.72. The summed E-state index contributed by atoms with van der Waals surface area (Å²) in [6.45, 7) is 4.82. The Kier molecular flexibility index (Phi) is 5.56. The smallest absolute Gasteiger partial charge is 0.230 e. The number of hydrogen-bond acceptors (Lipinski definition) is 5. The van der Waals surface area contributed by atoms with Crippen LogP contribution in [-0.2, 0) is 4.79 Å². The highest BCUT2D eigenvalue weighted by Crippen LogP contribution is 2.24. The van der Waals surface area contributed by atoms with Crippen molar-refractivity contribution in [2.24, 2.45) is 5.92 Å². The highest BCUT2D eigenvalue weighted by Gasteiger charge is 2.22. The summed E-state index contributed by atoms with van der Waals surface area (Å²) in [6.07, 6.45) is 1.13. The number of aryl methyl sites for hydroxylation is 1. The van der Waals surface area contributed by atoms with Crippen LogP contribution >= 0.6 is 23.1 Å². The zero-order valence-electron chi connectivity index (χ0n) is 13.2. The molecule has 1 aliphatic heterocycles. The summed E-state index contributed by atoms with van der Waals surface area (Å²) in [4.78, 5) is 18.7. The van der Waals surface area contributed by atoms with Gasteiger partial charge in [-0.25, -0.2) is 4.98 Å². The number of carbonyl (C=O) groups is 1. The Balaban J connectivity index is 1.38. The lowest BCUT2D eigenvalue weighted by Crippen LogP contribution is -2.32. The Morgan fingerprint density at radius 1 is 1.43 bits per heavy atom. The lowest BCUT2D eigenvalue weighted by atomic mass is 10.1. The van der Waals surface area contributed by atoms with E-state index in [1.54, 1.807) is 11.3 Å². The van der Waals surface area contributed by atoms with Crippen LogP contribution < -0.4 is 10.2 Å². The summed E-state index contributed by atoms with van der Waals surface area (Å²) >= 11 is 3.11. The molecule has 0 radical (unpaired) electrons. The molecule has 1 aliphatic rings. The van der Waals surface area contributed by atoms with Crippen molar-refractivity contribution in [3.63, 3.8) is 0 Å². The third-order valence-corrected chi connectivity index (χ3v) is 6.06. The Bertz CT molecular complexity index is 644. The molecule has 3 rings (SSSR count). The van der Waals surface area contributed by atoms with Gasteiger partial charge in [-0.2, -0.15) is 0 Å². The molecular formula is C17H21N3OS2. The summed E-state index contributed by atoms with van der Waals surface area (Å²) in [7, 11) is 0. The van der Waals surface area contributed by atoms with E-state index in [-0.39, 0.29) is 5.91 Å². The van der Waals surface area contributed by atoms with Gasteiger partial charge in [0, 0.05) is 36.4 Å². The van der Waals surface area contributed by atoms with E-state index in [1.165, 1.54) is 17.4 Å². The molecule has 1 saturated heterocycles. The van der Waals surface area contributed by atoms with Crippen molar-refractivity contribution in [2.45, 2.75) is 17.7 Å². The molecule has 1 aromatic carbocycles. The quantitative estimate of drug-likeness (QED) is 0.815. The second kappa shape index (κ2) is 7.84. The molecule has 0 saturated carbocycles. The number of hydrogen-bond donors (Lipinski definition) is 1. The van der Waals surface area contributed by atoms with Crippen LogP contribution in [-0.4, -0.2) is 36.3 Å². The Morgan fingerprint density at radius 2 is 2.26 bits per heavy atom. The van der Waals surface area contributed by atoms with Crippen molar-refractivity contribution in [3.8, 4) is 0 Å². The van der Waals surface area contributed by atoms with Crippen LogP contribution in [0.25, 0.3) is 0 Å². The maximum atomic E-state index is 12.0. The van der Waals surface area contributed by atoms with Crippen LogP contribution in [0.2, 0.25) is 0 Å². The SMILES string of the molecule is Cc1csc(SCC(=O)NC[C@H]2CCN(c3ccccc3)C2)n1. The van der Waals surface area contributed by atoms with Gasteiger partial charge in [0.2, 0.25) is 5.91 Å². The van der Waals surface area contributed by atoms with Gasteiger partial charge in [0.25, 0.3) is 0 Å². The van der Waals surface area contributed by atoms with E-state index in [0.717, 1.165) is 36.1 Å². The molecule has 2 aromatic rings. The summed E-state index contributed by atoms with van der Waals surface area (Å²) in [6, 6.07) is 10.5. The molecule has 1 amide bonds. The Hall–Kier alpha value is -1.53. The highest BCUT2D eigenvalue weighted by atomic mass is 32.2. The maximum absolute atomic E-state index is 12.0. The minimum atomic E-state index is 0.0982. The fourth-order valence-corrected chi connectivity index (χ4v) is 4.39. The third-order valence-electron chi connectivity index (χ3n) is 3.92. The summed E-state index contributed by atoms with van der Waals surface area (Å²) in [5.41, 5.74) is 2.29. The van der Waals surface area contributed by atoms with Gasteiger partial charge in [-0.15, -0.1) is 11.3 Å². The van der Waals surface area contributed by atoms with E-state index in [4.69, 9.17) is 0 Å². The molecule has 1 N–H and O–H groups in total. The first-order chi connectivity index (χ1) is 11.2. The number of carbonyl (C=O) groups excluding carboxylic acids is 1. The van der Waals surface area contributed by atoms with Gasteiger partial charge in [-0.1, -0.05) is 30.0 Å². The van der Waals surface area contributed by atoms with Gasteiger partial charge < -0.3 is 10.2 Å².